The maximum Gasteiger partial charge on any atom is 0.0379 e. The van der Waals surface area contributed by atoms with E-state index in [9.17, 15) is 0 Å². The molecule has 328 valence electrons. The SMILES string of the molecule is C1=C(c2c3ccccc3c(-c3ccc(-c4ccc(-c5ccccc5)s4)cc3)c3ccccc23)SC(c2ccc3c(-c4ccc5ccccc5c4)c4ccccc4c(-c4ccc5ccccc5c4)c3c2)C1. The number of hydrogen-bond acceptors (Lipinski definition) is 2. The van der Waals surface area contributed by atoms with Crippen molar-refractivity contribution in [3.63, 3.8) is 0 Å². The van der Waals surface area contributed by atoms with Gasteiger partial charge in [-0.1, -0.05) is 218 Å². The Morgan fingerprint density at radius 3 is 1.26 bits per heavy atom. The Bertz CT molecular complexity index is 4170. The fourth-order valence-electron chi connectivity index (χ4n) is 11.3. The minimum atomic E-state index is 0.267. The summed E-state index contributed by atoms with van der Waals surface area (Å²) in [4.78, 5) is 3.93. The first-order chi connectivity index (χ1) is 34.7. The van der Waals surface area contributed by atoms with Crippen LogP contribution in [0.1, 0.15) is 22.8 Å². The molecule has 0 radical (unpaired) electrons. The molecule has 0 N–H and O–H groups in total. The molecule has 0 amide bonds. The van der Waals surface area contributed by atoms with E-state index < -0.39 is 0 Å². The van der Waals surface area contributed by atoms with Gasteiger partial charge in [0, 0.05) is 25.5 Å². The van der Waals surface area contributed by atoms with Gasteiger partial charge in [0.1, 0.15) is 0 Å². The third-order valence-electron chi connectivity index (χ3n) is 14.6. The molecule has 0 saturated heterocycles. The third kappa shape index (κ3) is 6.90. The lowest BCUT2D eigenvalue weighted by Gasteiger charge is -2.21. The van der Waals surface area contributed by atoms with Crippen LogP contribution < -0.4 is 0 Å². The lowest BCUT2D eigenvalue weighted by atomic mass is 9.84. The molecule has 0 nitrogen and oxygen atoms in total. The van der Waals surface area contributed by atoms with Crippen molar-refractivity contribution in [2.45, 2.75) is 11.7 Å². The Morgan fingerprint density at radius 1 is 0.286 bits per heavy atom. The number of hydrogen-bond donors (Lipinski definition) is 0. The van der Waals surface area contributed by atoms with Crippen LogP contribution in [0.3, 0.4) is 0 Å². The molecule has 1 atom stereocenters. The fraction of sp³-hybridized carbons (Fsp3) is 0.0294. The molecule has 1 unspecified atom stereocenters. The Hall–Kier alpha value is -8.01. The molecule has 1 aliphatic heterocycles. The van der Waals surface area contributed by atoms with E-state index in [1.807, 2.05) is 23.1 Å². The summed E-state index contributed by atoms with van der Waals surface area (Å²) in [6.45, 7) is 0. The van der Waals surface area contributed by atoms with Crippen LogP contribution >= 0.6 is 23.1 Å². The maximum atomic E-state index is 2.53. The molecule has 0 saturated carbocycles. The topological polar surface area (TPSA) is 0 Å². The van der Waals surface area contributed by atoms with Gasteiger partial charge in [0.15, 0.2) is 0 Å². The summed E-state index contributed by atoms with van der Waals surface area (Å²) in [6, 6.07) is 90.5. The molecule has 2 heterocycles. The van der Waals surface area contributed by atoms with Crippen LogP contribution in [0, 0.1) is 0 Å². The van der Waals surface area contributed by atoms with E-state index in [0.717, 1.165) is 6.42 Å². The Balaban J connectivity index is 0.878. The Kier molecular flexibility index (Phi) is 9.90. The smallest absolute Gasteiger partial charge is 0.0379 e. The highest BCUT2D eigenvalue weighted by molar-refractivity contribution is 8.08. The van der Waals surface area contributed by atoms with Gasteiger partial charge in [-0.3, -0.25) is 0 Å². The van der Waals surface area contributed by atoms with Crippen molar-refractivity contribution < 1.29 is 0 Å². The van der Waals surface area contributed by atoms with Crippen molar-refractivity contribution in [2.75, 3.05) is 0 Å². The predicted octanol–water partition coefficient (Wildman–Crippen LogP) is 20.2. The molecule has 1 aromatic heterocycles. The zero-order chi connectivity index (χ0) is 46.1. The van der Waals surface area contributed by atoms with Crippen molar-refractivity contribution >= 4 is 92.6 Å². The van der Waals surface area contributed by atoms with Crippen molar-refractivity contribution in [1.29, 1.82) is 0 Å². The van der Waals surface area contributed by atoms with Crippen molar-refractivity contribution in [3.8, 4) is 54.3 Å². The summed E-state index contributed by atoms with van der Waals surface area (Å²) in [7, 11) is 0. The molecule has 1 aliphatic rings. The van der Waals surface area contributed by atoms with Crippen LogP contribution in [0.25, 0.3) is 124 Å². The summed E-state index contributed by atoms with van der Waals surface area (Å²) >= 11 is 3.88. The molecule has 0 spiro atoms. The zero-order valence-corrected chi connectivity index (χ0v) is 39.9. The normalized spacial score (nSPS) is 13.8. The van der Waals surface area contributed by atoms with Gasteiger partial charge in [0.25, 0.3) is 0 Å². The van der Waals surface area contributed by atoms with Crippen molar-refractivity contribution in [2.24, 2.45) is 0 Å². The molecule has 70 heavy (non-hydrogen) atoms. The highest BCUT2D eigenvalue weighted by atomic mass is 32.2. The molecular weight excluding hydrogens is 881 g/mol. The average Bonchev–Trinajstić information content (AvgIpc) is 4.14. The van der Waals surface area contributed by atoms with Crippen LogP contribution in [0.4, 0.5) is 0 Å². The fourth-order valence-corrected chi connectivity index (χ4v) is 13.6. The Morgan fingerprint density at radius 2 is 0.700 bits per heavy atom. The first-order valence-corrected chi connectivity index (χ1v) is 25.9. The monoisotopic (exact) mass is 924 g/mol. The van der Waals surface area contributed by atoms with E-state index in [1.54, 1.807) is 0 Å². The molecule has 2 heteroatoms. The second kappa shape index (κ2) is 16.9. The van der Waals surface area contributed by atoms with Crippen molar-refractivity contribution in [3.05, 3.63) is 260 Å². The van der Waals surface area contributed by atoms with E-state index in [4.69, 9.17) is 0 Å². The highest BCUT2D eigenvalue weighted by Gasteiger charge is 2.27. The number of allylic oxidation sites excluding steroid dienone is 1. The van der Waals surface area contributed by atoms with Crippen LogP contribution in [-0.2, 0) is 0 Å². The number of rotatable bonds is 7. The van der Waals surface area contributed by atoms with Gasteiger partial charge in [-0.05, 0) is 151 Å². The summed E-state index contributed by atoms with van der Waals surface area (Å²) in [6.07, 6.45) is 3.47. The molecule has 13 aromatic rings. The molecule has 14 rings (SSSR count). The first-order valence-electron chi connectivity index (χ1n) is 24.2. The van der Waals surface area contributed by atoms with Gasteiger partial charge in [0.2, 0.25) is 0 Å². The molecule has 0 fully saturated rings. The summed E-state index contributed by atoms with van der Waals surface area (Å²) < 4.78 is 0. The van der Waals surface area contributed by atoms with E-state index in [-0.39, 0.29) is 5.25 Å². The van der Waals surface area contributed by atoms with Gasteiger partial charge < -0.3 is 0 Å². The summed E-state index contributed by atoms with van der Waals surface area (Å²) in [5.41, 5.74) is 12.8. The zero-order valence-electron chi connectivity index (χ0n) is 38.3. The van der Waals surface area contributed by atoms with Crippen LogP contribution in [-0.4, -0.2) is 0 Å². The average molecular weight is 925 g/mol. The second-order valence-corrected chi connectivity index (χ2v) is 20.9. The highest BCUT2D eigenvalue weighted by Crippen LogP contribution is 2.54. The quantitative estimate of drug-likeness (QED) is 0.144. The van der Waals surface area contributed by atoms with E-state index >= 15 is 0 Å². The predicted molar refractivity (Wildman–Crippen MR) is 306 cm³/mol. The lowest BCUT2D eigenvalue weighted by molar-refractivity contribution is 0.994. The number of thioether (sulfide) groups is 1. The standard InChI is InChI=1S/C68H44S2/c1-2-16-45(17-3-1)61-36-37-62(69-61)46-28-30-47(31-29-46)65-55-22-10-12-24-57(55)68(58-25-13-11-23-56(58)65)64-39-38-63(70-64)50-34-35-59-60(42-50)67(52-33-27-44-15-5-7-19-49(44)41-52)54-21-9-8-20-53(54)66(59)51-32-26-43-14-4-6-18-48(43)40-51/h1-37,39-42,63H,38H2. The summed E-state index contributed by atoms with van der Waals surface area (Å²) in [5.74, 6) is 0. The van der Waals surface area contributed by atoms with E-state index in [0.29, 0.717) is 0 Å². The van der Waals surface area contributed by atoms with Gasteiger partial charge >= 0.3 is 0 Å². The minimum absolute atomic E-state index is 0.267. The number of benzene rings is 12. The largest absolute Gasteiger partial charge is 0.135 e. The second-order valence-electron chi connectivity index (χ2n) is 18.6. The third-order valence-corrected chi connectivity index (χ3v) is 17.1. The number of thiophene rings is 1. The van der Waals surface area contributed by atoms with Crippen LogP contribution in [0.15, 0.2) is 249 Å². The number of fused-ring (bicyclic) bond motifs is 6. The minimum Gasteiger partial charge on any atom is -0.135 e. The molecular formula is C68H44S2. The van der Waals surface area contributed by atoms with Crippen molar-refractivity contribution in [1.82, 2.24) is 0 Å². The Labute approximate surface area is 415 Å². The van der Waals surface area contributed by atoms with Crippen LogP contribution in [0.2, 0.25) is 0 Å². The lowest BCUT2D eigenvalue weighted by Crippen LogP contribution is -1.95. The van der Waals surface area contributed by atoms with E-state index in [2.05, 4.69) is 249 Å². The van der Waals surface area contributed by atoms with Crippen LogP contribution in [0.5, 0.6) is 0 Å². The first kappa shape index (κ1) is 41.0. The molecule has 0 aliphatic carbocycles. The molecule has 12 aromatic carbocycles. The van der Waals surface area contributed by atoms with Gasteiger partial charge in [-0.2, -0.15) is 0 Å². The van der Waals surface area contributed by atoms with Gasteiger partial charge in [0.05, 0.1) is 0 Å². The summed E-state index contributed by atoms with van der Waals surface area (Å²) in [5, 5.41) is 15.6. The van der Waals surface area contributed by atoms with Gasteiger partial charge in [-0.15, -0.1) is 23.1 Å². The van der Waals surface area contributed by atoms with Gasteiger partial charge in [-0.25, -0.2) is 0 Å². The molecule has 0 bridgehead atoms. The van der Waals surface area contributed by atoms with E-state index in [1.165, 1.54) is 135 Å². The maximum absolute atomic E-state index is 2.53.